The topological polar surface area (TPSA) is 93.3 Å². The number of ether oxygens (including phenoxy) is 1. The number of nitrogens with one attached hydrogen (secondary N) is 2. The van der Waals surface area contributed by atoms with Crippen molar-refractivity contribution in [3.63, 3.8) is 0 Å². The number of nitrogens with two attached hydrogens (primary N) is 1. The van der Waals surface area contributed by atoms with E-state index in [1.54, 1.807) is 37.4 Å². The fourth-order valence-corrected chi connectivity index (χ4v) is 2.22. The molecule has 108 valence electrons. The number of oxazole rings is 1. The molecule has 3 aromatic rings. The number of aromatic amines is 1. The lowest BCUT2D eigenvalue weighted by atomic mass is 10.2. The molecule has 3 rings (SSSR count). The van der Waals surface area contributed by atoms with Crippen molar-refractivity contribution in [2.24, 2.45) is 0 Å². The number of aromatic nitrogens is 1. The van der Waals surface area contributed by atoms with Crippen LogP contribution in [0.15, 0.2) is 39.5 Å². The van der Waals surface area contributed by atoms with Gasteiger partial charge in [-0.3, -0.25) is 4.98 Å². The number of halogens is 1. The number of methoxy groups -OCH3 is 1. The van der Waals surface area contributed by atoms with Crippen LogP contribution in [0, 0.1) is 0 Å². The highest BCUT2D eigenvalue weighted by atomic mass is 35.5. The summed E-state index contributed by atoms with van der Waals surface area (Å²) in [6.45, 7) is 0. The number of nitrogen functional groups attached to an aromatic ring is 1. The van der Waals surface area contributed by atoms with Crippen LogP contribution in [0.4, 0.5) is 17.1 Å². The molecule has 21 heavy (non-hydrogen) atoms. The second kappa shape index (κ2) is 5.06. The van der Waals surface area contributed by atoms with Crippen LogP contribution in [0.3, 0.4) is 0 Å². The minimum absolute atomic E-state index is 0.404. The molecule has 0 aliphatic heterocycles. The highest BCUT2D eigenvalue weighted by Gasteiger charge is 2.10. The Morgan fingerprint density at radius 2 is 2.10 bits per heavy atom. The fourth-order valence-electron chi connectivity index (χ4n) is 2.04. The van der Waals surface area contributed by atoms with Crippen molar-refractivity contribution in [1.82, 2.24) is 4.98 Å². The third-order valence-electron chi connectivity index (χ3n) is 3.02. The lowest BCUT2D eigenvalue weighted by Gasteiger charge is -2.13. The summed E-state index contributed by atoms with van der Waals surface area (Å²) in [5.41, 5.74) is 8.64. The van der Waals surface area contributed by atoms with E-state index in [1.807, 2.05) is 0 Å². The van der Waals surface area contributed by atoms with Gasteiger partial charge in [-0.05, 0) is 24.3 Å². The van der Waals surface area contributed by atoms with E-state index in [9.17, 15) is 4.79 Å². The third-order valence-corrected chi connectivity index (χ3v) is 3.26. The Bertz CT molecular complexity index is 870. The molecule has 0 unspecified atom stereocenters. The summed E-state index contributed by atoms with van der Waals surface area (Å²) < 4.78 is 10.2. The van der Waals surface area contributed by atoms with E-state index in [0.29, 0.717) is 38.9 Å². The summed E-state index contributed by atoms with van der Waals surface area (Å²) >= 11 is 5.99. The third kappa shape index (κ3) is 2.53. The van der Waals surface area contributed by atoms with E-state index in [0.717, 1.165) is 0 Å². The number of fused-ring (bicyclic) bond motifs is 1. The summed E-state index contributed by atoms with van der Waals surface area (Å²) in [4.78, 5) is 13.8. The maximum absolute atomic E-state index is 11.2. The average molecular weight is 306 g/mol. The predicted octanol–water partition coefficient (Wildman–Crippen LogP) is 3.11. The van der Waals surface area contributed by atoms with Gasteiger partial charge < -0.3 is 20.2 Å². The van der Waals surface area contributed by atoms with Crippen molar-refractivity contribution >= 4 is 39.8 Å². The van der Waals surface area contributed by atoms with Crippen molar-refractivity contribution in [2.75, 3.05) is 18.2 Å². The fraction of sp³-hybridized carbons (Fsp3) is 0.0714. The molecule has 4 N–H and O–H groups in total. The number of anilines is 3. The van der Waals surface area contributed by atoms with Gasteiger partial charge in [0, 0.05) is 11.1 Å². The van der Waals surface area contributed by atoms with Crippen LogP contribution in [-0.4, -0.2) is 12.1 Å². The smallest absolute Gasteiger partial charge is 0.417 e. The van der Waals surface area contributed by atoms with E-state index < -0.39 is 5.76 Å². The first-order valence-electron chi connectivity index (χ1n) is 6.10. The molecule has 0 fully saturated rings. The Hall–Kier alpha value is -2.60. The van der Waals surface area contributed by atoms with Crippen LogP contribution in [0.1, 0.15) is 0 Å². The van der Waals surface area contributed by atoms with E-state index in [1.165, 1.54) is 0 Å². The zero-order chi connectivity index (χ0) is 15.0. The van der Waals surface area contributed by atoms with Crippen molar-refractivity contribution in [3.05, 3.63) is 45.9 Å². The number of benzene rings is 2. The molecule has 0 aliphatic carbocycles. The molecule has 1 aromatic heterocycles. The molecule has 7 heteroatoms. The first kappa shape index (κ1) is 13.4. The summed E-state index contributed by atoms with van der Waals surface area (Å²) in [6, 6.07) is 8.47. The summed E-state index contributed by atoms with van der Waals surface area (Å²) in [5, 5.41) is 3.70. The van der Waals surface area contributed by atoms with Gasteiger partial charge in [-0.1, -0.05) is 11.6 Å². The van der Waals surface area contributed by atoms with E-state index in [4.69, 9.17) is 26.5 Å². The van der Waals surface area contributed by atoms with Crippen molar-refractivity contribution in [3.8, 4) is 5.75 Å². The molecule has 0 saturated carbocycles. The molecule has 1 heterocycles. The van der Waals surface area contributed by atoms with Crippen molar-refractivity contribution in [1.29, 1.82) is 0 Å². The Balaban J connectivity index is 2.07. The van der Waals surface area contributed by atoms with Gasteiger partial charge in [0.25, 0.3) is 0 Å². The molecular formula is C14H12ClN3O3. The Labute approximate surface area is 124 Å². The molecule has 6 nitrogen and oxygen atoms in total. The van der Waals surface area contributed by atoms with Gasteiger partial charge in [0.2, 0.25) is 0 Å². The average Bonchev–Trinajstić information content (AvgIpc) is 2.78. The largest absolute Gasteiger partial charge is 0.495 e. The molecule has 0 aliphatic rings. The molecule has 0 atom stereocenters. The number of hydrogen-bond acceptors (Lipinski definition) is 5. The van der Waals surface area contributed by atoms with Crippen LogP contribution in [-0.2, 0) is 0 Å². The minimum Gasteiger partial charge on any atom is -0.495 e. The Kier molecular flexibility index (Phi) is 3.23. The van der Waals surface area contributed by atoms with Crippen LogP contribution < -0.4 is 21.5 Å². The zero-order valence-electron chi connectivity index (χ0n) is 11.1. The molecule has 0 spiro atoms. The van der Waals surface area contributed by atoms with E-state index >= 15 is 0 Å². The Morgan fingerprint density at radius 1 is 1.29 bits per heavy atom. The van der Waals surface area contributed by atoms with Crippen molar-refractivity contribution in [2.45, 2.75) is 0 Å². The summed E-state index contributed by atoms with van der Waals surface area (Å²) in [6.07, 6.45) is 0. The lowest BCUT2D eigenvalue weighted by Crippen LogP contribution is -1.98. The van der Waals surface area contributed by atoms with Crippen LogP contribution in [0.25, 0.3) is 11.1 Å². The maximum atomic E-state index is 11.2. The van der Waals surface area contributed by atoms with Gasteiger partial charge in [0.05, 0.1) is 29.7 Å². The van der Waals surface area contributed by atoms with E-state index in [-0.39, 0.29) is 0 Å². The predicted molar refractivity (Wildman–Crippen MR) is 82.5 cm³/mol. The van der Waals surface area contributed by atoms with Gasteiger partial charge in [-0.2, -0.15) is 0 Å². The minimum atomic E-state index is -0.526. The molecule has 0 bridgehead atoms. The lowest BCUT2D eigenvalue weighted by molar-refractivity contribution is 0.417. The number of H-pyrrole nitrogens is 1. The highest BCUT2D eigenvalue weighted by molar-refractivity contribution is 6.31. The zero-order valence-corrected chi connectivity index (χ0v) is 11.8. The van der Waals surface area contributed by atoms with Gasteiger partial charge in [-0.25, -0.2) is 4.79 Å². The number of rotatable bonds is 3. The van der Waals surface area contributed by atoms with Crippen molar-refractivity contribution < 1.29 is 9.15 Å². The van der Waals surface area contributed by atoms with Gasteiger partial charge in [-0.15, -0.1) is 0 Å². The van der Waals surface area contributed by atoms with Gasteiger partial charge in [0.15, 0.2) is 5.58 Å². The van der Waals surface area contributed by atoms with E-state index in [2.05, 4.69) is 10.3 Å². The van der Waals surface area contributed by atoms with Gasteiger partial charge in [0.1, 0.15) is 5.75 Å². The first-order valence-corrected chi connectivity index (χ1v) is 6.47. The van der Waals surface area contributed by atoms with Crippen LogP contribution in [0.5, 0.6) is 5.75 Å². The molecular weight excluding hydrogens is 294 g/mol. The molecule has 0 saturated heterocycles. The summed E-state index contributed by atoms with van der Waals surface area (Å²) in [5.74, 6) is 0.0986. The molecule has 2 aromatic carbocycles. The normalized spacial score (nSPS) is 10.8. The molecule has 0 radical (unpaired) electrons. The maximum Gasteiger partial charge on any atom is 0.417 e. The summed E-state index contributed by atoms with van der Waals surface area (Å²) in [7, 11) is 1.56. The second-order valence-corrected chi connectivity index (χ2v) is 4.86. The monoisotopic (exact) mass is 305 g/mol. The number of hydrogen-bond donors (Lipinski definition) is 3. The Morgan fingerprint density at radius 3 is 2.86 bits per heavy atom. The second-order valence-electron chi connectivity index (χ2n) is 4.42. The van der Waals surface area contributed by atoms with Crippen LogP contribution >= 0.6 is 11.6 Å². The van der Waals surface area contributed by atoms with Gasteiger partial charge >= 0.3 is 5.76 Å². The standard InChI is InChI=1S/C14H12ClN3O3/c1-20-12-3-2-7(15)4-10(12)17-9-6-11-13(5-8(9)16)21-14(19)18-11/h2-6,17H,16H2,1H3,(H,18,19). The molecule has 0 amide bonds. The SMILES string of the molecule is COc1ccc(Cl)cc1Nc1cc2[nH]c(=O)oc2cc1N. The quantitative estimate of drug-likeness (QED) is 0.646. The first-order chi connectivity index (χ1) is 10.1. The van der Waals surface area contributed by atoms with Crippen LogP contribution in [0.2, 0.25) is 5.02 Å². The highest BCUT2D eigenvalue weighted by Crippen LogP contribution is 2.33.